The highest BCUT2D eigenvalue weighted by molar-refractivity contribution is 5.97. The van der Waals surface area contributed by atoms with E-state index in [4.69, 9.17) is 5.73 Å². The molecule has 25 heavy (non-hydrogen) atoms. The van der Waals surface area contributed by atoms with Gasteiger partial charge in [0.25, 0.3) is 5.91 Å². The van der Waals surface area contributed by atoms with Crippen molar-refractivity contribution in [2.75, 3.05) is 51.2 Å². The Labute approximate surface area is 147 Å². The second-order valence-electron chi connectivity index (χ2n) is 6.78. The van der Waals surface area contributed by atoms with Crippen LogP contribution in [0.4, 0.5) is 5.82 Å². The molecule has 0 aliphatic carbocycles. The molecular formula is C17H25N5O3. The highest BCUT2D eigenvalue weighted by atomic mass is 16.3. The normalized spacial score (nSPS) is 25.0. The van der Waals surface area contributed by atoms with E-state index >= 15 is 0 Å². The Morgan fingerprint density at radius 3 is 2.64 bits per heavy atom. The van der Waals surface area contributed by atoms with Gasteiger partial charge in [0, 0.05) is 45.5 Å². The van der Waals surface area contributed by atoms with Crippen molar-refractivity contribution in [3.05, 3.63) is 23.9 Å². The lowest BCUT2D eigenvalue weighted by molar-refractivity contribution is -0.142. The molecule has 8 heteroatoms. The number of pyridine rings is 1. The van der Waals surface area contributed by atoms with Crippen LogP contribution in [0.25, 0.3) is 0 Å². The first kappa shape index (κ1) is 17.6. The van der Waals surface area contributed by atoms with E-state index in [0.29, 0.717) is 50.5 Å². The van der Waals surface area contributed by atoms with Crippen LogP contribution in [0.1, 0.15) is 16.8 Å². The molecular weight excluding hydrogens is 322 g/mol. The van der Waals surface area contributed by atoms with Gasteiger partial charge in [-0.15, -0.1) is 0 Å². The number of carbonyl (C=O) groups is 2. The Balaban J connectivity index is 1.64. The Bertz CT molecular complexity index is 645. The summed E-state index contributed by atoms with van der Waals surface area (Å²) in [5.74, 6) is -0.286. The zero-order valence-electron chi connectivity index (χ0n) is 14.5. The van der Waals surface area contributed by atoms with Gasteiger partial charge in [-0.3, -0.25) is 9.59 Å². The van der Waals surface area contributed by atoms with Crippen LogP contribution in [0, 0.1) is 5.92 Å². The summed E-state index contributed by atoms with van der Waals surface area (Å²) in [4.78, 5) is 34.5. The number of aliphatic hydroxyl groups is 1. The summed E-state index contributed by atoms with van der Waals surface area (Å²) in [6.45, 7) is 3.66. The van der Waals surface area contributed by atoms with Gasteiger partial charge in [0.05, 0.1) is 17.6 Å². The minimum Gasteiger partial charge on any atom is -0.392 e. The van der Waals surface area contributed by atoms with Gasteiger partial charge in [0.2, 0.25) is 5.91 Å². The minimum atomic E-state index is -0.570. The number of piperidine rings is 1. The van der Waals surface area contributed by atoms with Crippen LogP contribution in [0.5, 0.6) is 0 Å². The average Bonchev–Trinajstić information content (AvgIpc) is 2.63. The number of aliphatic hydroxyl groups excluding tert-OH is 1. The van der Waals surface area contributed by atoms with Crippen LogP contribution in [-0.2, 0) is 4.79 Å². The number of nitrogens with zero attached hydrogens (tertiary/aromatic N) is 4. The molecule has 8 nitrogen and oxygen atoms in total. The molecule has 2 amide bonds. The average molecular weight is 347 g/mol. The van der Waals surface area contributed by atoms with Crippen LogP contribution >= 0.6 is 0 Å². The van der Waals surface area contributed by atoms with E-state index in [0.717, 1.165) is 6.54 Å². The third-order valence-corrected chi connectivity index (χ3v) is 5.04. The Morgan fingerprint density at radius 1 is 1.24 bits per heavy atom. The lowest BCUT2D eigenvalue weighted by Crippen LogP contribution is -2.55. The van der Waals surface area contributed by atoms with Crippen molar-refractivity contribution < 1.29 is 14.7 Å². The van der Waals surface area contributed by atoms with E-state index in [1.54, 1.807) is 23.2 Å². The lowest BCUT2D eigenvalue weighted by Gasteiger charge is -2.40. The first-order chi connectivity index (χ1) is 12.0. The molecule has 0 bridgehead atoms. The summed E-state index contributed by atoms with van der Waals surface area (Å²) < 4.78 is 0. The van der Waals surface area contributed by atoms with Gasteiger partial charge in [0.1, 0.15) is 5.82 Å². The molecule has 2 aliphatic heterocycles. The third kappa shape index (κ3) is 3.74. The van der Waals surface area contributed by atoms with Crippen molar-refractivity contribution in [3.63, 3.8) is 0 Å². The fraction of sp³-hybridized carbons (Fsp3) is 0.588. The molecule has 2 fully saturated rings. The fourth-order valence-electron chi connectivity index (χ4n) is 3.56. The van der Waals surface area contributed by atoms with Crippen LogP contribution < -0.4 is 10.6 Å². The van der Waals surface area contributed by atoms with Gasteiger partial charge < -0.3 is 25.5 Å². The Kier molecular flexibility index (Phi) is 5.19. The molecule has 0 aromatic carbocycles. The van der Waals surface area contributed by atoms with Crippen molar-refractivity contribution in [3.8, 4) is 0 Å². The maximum atomic E-state index is 12.8. The highest BCUT2D eigenvalue weighted by Gasteiger charge is 2.36. The summed E-state index contributed by atoms with van der Waals surface area (Å²) in [5, 5.41) is 10.2. The summed E-state index contributed by atoms with van der Waals surface area (Å²) in [6, 6.07) is 3.35. The van der Waals surface area contributed by atoms with E-state index in [9.17, 15) is 14.7 Å². The molecule has 3 N–H and O–H groups in total. The molecule has 3 heterocycles. The number of likely N-dealkylation sites (tertiary alicyclic amines) is 1. The van der Waals surface area contributed by atoms with Gasteiger partial charge in [-0.1, -0.05) is 0 Å². The standard InChI is InChI=1S/C17H25N5O3/c1-20-6-4-14(23)13(11-20)17(25)22-9-7-21(8-10-22)16-12(15(18)24)3-2-5-19-16/h2-3,5,13-14,23H,4,6-11H2,1H3,(H2,18,24)/t13-,14+/m1/s1. The number of anilines is 1. The maximum Gasteiger partial charge on any atom is 0.252 e. The van der Waals surface area contributed by atoms with Gasteiger partial charge in [0.15, 0.2) is 0 Å². The Hall–Kier alpha value is -2.19. The summed E-state index contributed by atoms with van der Waals surface area (Å²) >= 11 is 0. The van der Waals surface area contributed by atoms with E-state index in [1.807, 2.05) is 11.9 Å². The molecule has 2 atom stereocenters. The summed E-state index contributed by atoms with van der Waals surface area (Å²) in [6.07, 6.45) is 1.69. The molecule has 2 saturated heterocycles. The highest BCUT2D eigenvalue weighted by Crippen LogP contribution is 2.22. The number of piperazine rings is 1. The van der Waals surface area contributed by atoms with Crippen LogP contribution in [0.15, 0.2) is 18.3 Å². The second-order valence-corrected chi connectivity index (χ2v) is 6.78. The quantitative estimate of drug-likeness (QED) is 0.738. The number of nitrogens with two attached hydrogens (primary N) is 1. The fourth-order valence-corrected chi connectivity index (χ4v) is 3.56. The van der Waals surface area contributed by atoms with Gasteiger partial charge in [-0.2, -0.15) is 0 Å². The zero-order valence-corrected chi connectivity index (χ0v) is 14.5. The van der Waals surface area contributed by atoms with E-state index < -0.39 is 12.0 Å². The molecule has 3 rings (SSSR count). The zero-order chi connectivity index (χ0) is 18.0. The van der Waals surface area contributed by atoms with E-state index in [2.05, 4.69) is 9.88 Å². The van der Waals surface area contributed by atoms with E-state index in [1.165, 1.54) is 0 Å². The molecule has 0 spiro atoms. The van der Waals surface area contributed by atoms with Gasteiger partial charge >= 0.3 is 0 Å². The number of rotatable bonds is 3. The van der Waals surface area contributed by atoms with Crippen molar-refractivity contribution in [2.24, 2.45) is 11.7 Å². The number of aromatic nitrogens is 1. The van der Waals surface area contributed by atoms with Crippen LogP contribution in [0.2, 0.25) is 0 Å². The van der Waals surface area contributed by atoms with Crippen molar-refractivity contribution in [1.29, 1.82) is 0 Å². The van der Waals surface area contributed by atoms with Gasteiger partial charge in [-0.25, -0.2) is 4.98 Å². The number of hydrogen-bond acceptors (Lipinski definition) is 6. The smallest absolute Gasteiger partial charge is 0.252 e. The first-order valence-corrected chi connectivity index (χ1v) is 8.62. The molecule has 0 radical (unpaired) electrons. The molecule has 1 aromatic rings. The van der Waals surface area contributed by atoms with Crippen molar-refractivity contribution >= 4 is 17.6 Å². The van der Waals surface area contributed by atoms with Gasteiger partial charge in [-0.05, 0) is 25.6 Å². The number of hydrogen-bond donors (Lipinski definition) is 2. The largest absolute Gasteiger partial charge is 0.392 e. The predicted octanol–water partition coefficient (Wildman–Crippen LogP) is -0.858. The summed E-state index contributed by atoms with van der Waals surface area (Å²) in [7, 11) is 1.97. The van der Waals surface area contributed by atoms with E-state index in [-0.39, 0.29) is 11.8 Å². The Morgan fingerprint density at radius 2 is 1.96 bits per heavy atom. The maximum absolute atomic E-state index is 12.8. The molecule has 0 unspecified atom stereocenters. The second kappa shape index (κ2) is 7.37. The molecule has 1 aromatic heterocycles. The number of amides is 2. The summed E-state index contributed by atoms with van der Waals surface area (Å²) in [5.41, 5.74) is 5.81. The first-order valence-electron chi connectivity index (χ1n) is 8.62. The van der Waals surface area contributed by atoms with Crippen LogP contribution in [0.3, 0.4) is 0 Å². The SMILES string of the molecule is CN1CC[C@H](O)[C@H](C(=O)N2CCN(c3ncccc3C(N)=O)CC2)C1. The third-order valence-electron chi connectivity index (χ3n) is 5.04. The monoisotopic (exact) mass is 347 g/mol. The molecule has 2 aliphatic rings. The topological polar surface area (TPSA) is 103 Å². The van der Waals surface area contributed by atoms with Crippen LogP contribution in [-0.4, -0.2) is 84.1 Å². The number of primary amides is 1. The molecule has 0 saturated carbocycles. The molecule has 136 valence electrons. The van der Waals surface area contributed by atoms with Crippen molar-refractivity contribution in [1.82, 2.24) is 14.8 Å². The minimum absolute atomic E-state index is 0.00912. The van der Waals surface area contributed by atoms with Crippen molar-refractivity contribution in [2.45, 2.75) is 12.5 Å². The predicted molar refractivity (Wildman–Crippen MR) is 93.2 cm³/mol. The lowest BCUT2D eigenvalue weighted by atomic mass is 9.93. The number of carbonyl (C=O) groups excluding carboxylic acids is 2.